The highest BCUT2D eigenvalue weighted by molar-refractivity contribution is 7.88. The number of amides is 1. The maximum Gasteiger partial charge on any atom is 0.238 e. The summed E-state index contributed by atoms with van der Waals surface area (Å²) in [6, 6.07) is 2.98. The normalized spacial score (nSPS) is 18.8. The van der Waals surface area contributed by atoms with Crippen molar-refractivity contribution >= 4 is 15.9 Å². The van der Waals surface area contributed by atoms with E-state index < -0.39 is 16.1 Å². The molecule has 2 aromatic rings. The Kier molecular flexibility index (Phi) is 5.09. The van der Waals surface area contributed by atoms with Crippen molar-refractivity contribution in [2.75, 3.05) is 12.8 Å². The van der Waals surface area contributed by atoms with E-state index in [0.717, 1.165) is 24.7 Å². The van der Waals surface area contributed by atoms with Crippen molar-refractivity contribution < 1.29 is 13.2 Å². The molecule has 0 spiro atoms. The lowest BCUT2D eigenvalue weighted by Crippen LogP contribution is -2.51. The number of hydrogen-bond acceptors (Lipinski definition) is 6. The average Bonchev–Trinajstić information content (AvgIpc) is 3.14. The van der Waals surface area contributed by atoms with E-state index in [-0.39, 0.29) is 12.5 Å². The number of rotatable bonds is 5. The molecule has 25 heavy (non-hydrogen) atoms. The summed E-state index contributed by atoms with van der Waals surface area (Å²) >= 11 is 0. The van der Waals surface area contributed by atoms with E-state index in [1.807, 2.05) is 6.07 Å². The van der Waals surface area contributed by atoms with Crippen molar-refractivity contribution in [3.63, 3.8) is 0 Å². The Morgan fingerprint density at radius 1 is 1.36 bits per heavy atom. The van der Waals surface area contributed by atoms with Gasteiger partial charge in [0.2, 0.25) is 15.9 Å². The molecule has 1 saturated heterocycles. The molecule has 134 valence electrons. The van der Waals surface area contributed by atoms with Gasteiger partial charge in [-0.2, -0.15) is 9.40 Å². The van der Waals surface area contributed by atoms with Crippen molar-refractivity contribution in [3.05, 3.63) is 36.5 Å². The van der Waals surface area contributed by atoms with Gasteiger partial charge < -0.3 is 5.32 Å². The summed E-state index contributed by atoms with van der Waals surface area (Å²) < 4.78 is 26.5. The Morgan fingerprint density at radius 2 is 2.20 bits per heavy atom. The summed E-state index contributed by atoms with van der Waals surface area (Å²) in [5.74, 6) is 0.355. The number of nitrogens with zero attached hydrogens (tertiary/aromatic N) is 5. The highest BCUT2D eigenvalue weighted by Gasteiger charge is 2.34. The van der Waals surface area contributed by atoms with Crippen LogP contribution in [0.2, 0.25) is 0 Å². The average molecular weight is 364 g/mol. The molecule has 0 aromatic carbocycles. The first-order valence-corrected chi connectivity index (χ1v) is 9.84. The molecule has 9 nitrogen and oxygen atoms in total. The zero-order valence-corrected chi connectivity index (χ0v) is 14.7. The number of hydrogen-bond donors (Lipinski definition) is 1. The molecular weight excluding hydrogens is 344 g/mol. The molecule has 1 aliphatic heterocycles. The van der Waals surface area contributed by atoms with Crippen LogP contribution in [-0.4, -0.2) is 57.2 Å². The van der Waals surface area contributed by atoms with E-state index in [1.54, 1.807) is 18.6 Å². The molecule has 1 amide bonds. The van der Waals surface area contributed by atoms with E-state index in [4.69, 9.17) is 0 Å². The molecule has 0 unspecified atom stereocenters. The van der Waals surface area contributed by atoms with Crippen molar-refractivity contribution in [2.24, 2.45) is 0 Å². The van der Waals surface area contributed by atoms with Gasteiger partial charge in [-0.1, -0.05) is 12.5 Å². The minimum atomic E-state index is -3.39. The quantitative estimate of drug-likeness (QED) is 0.805. The van der Waals surface area contributed by atoms with Crippen LogP contribution < -0.4 is 5.32 Å². The Labute approximate surface area is 146 Å². The molecule has 3 rings (SSSR count). The summed E-state index contributed by atoms with van der Waals surface area (Å²) in [5, 5.41) is 6.80. The van der Waals surface area contributed by atoms with Crippen LogP contribution in [-0.2, 0) is 21.4 Å². The summed E-state index contributed by atoms with van der Waals surface area (Å²) in [7, 11) is -3.39. The third-order valence-corrected chi connectivity index (χ3v) is 5.40. The van der Waals surface area contributed by atoms with E-state index >= 15 is 0 Å². The van der Waals surface area contributed by atoms with Gasteiger partial charge in [0.05, 0.1) is 6.26 Å². The summed E-state index contributed by atoms with van der Waals surface area (Å²) in [5.41, 5.74) is 0.818. The number of aromatic nitrogens is 4. The van der Waals surface area contributed by atoms with Gasteiger partial charge >= 0.3 is 0 Å². The standard InChI is InChI=1S/C15H20N6O3S/c1-25(23,24)21-7-3-2-4-13(21)15(22)18-9-12-5-6-14(17-8-12)20-11-16-10-19-20/h5-6,8,10-11,13H,2-4,7,9H2,1H3,(H,18,22)/t13-/m0/s1. The van der Waals surface area contributed by atoms with Crippen LogP contribution in [0.5, 0.6) is 0 Å². The molecule has 0 aliphatic carbocycles. The molecule has 1 atom stereocenters. The maximum absolute atomic E-state index is 12.4. The van der Waals surface area contributed by atoms with Crippen LogP contribution in [0.25, 0.3) is 5.82 Å². The van der Waals surface area contributed by atoms with E-state index in [2.05, 4.69) is 20.4 Å². The SMILES string of the molecule is CS(=O)(=O)N1CCCC[C@H]1C(=O)NCc1ccc(-n2cncn2)nc1. The van der Waals surface area contributed by atoms with Crippen molar-refractivity contribution in [1.29, 1.82) is 0 Å². The fourth-order valence-corrected chi connectivity index (χ4v) is 3.98. The van der Waals surface area contributed by atoms with Gasteiger partial charge in [0.15, 0.2) is 5.82 Å². The second kappa shape index (κ2) is 7.28. The van der Waals surface area contributed by atoms with E-state index in [1.165, 1.54) is 15.3 Å². The number of pyridine rings is 1. The van der Waals surface area contributed by atoms with Gasteiger partial charge in [0.1, 0.15) is 18.7 Å². The maximum atomic E-state index is 12.4. The lowest BCUT2D eigenvalue weighted by molar-refractivity contribution is -0.125. The highest BCUT2D eigenvalue weighted by atomic mass is 32.2. The van der Waals surface area contributed by atoms with E-state index in [9.17, 15) is 13.2 Å². The van der Waals surface area contributed by atoms with Gasteiger partial charge in [0, 0.05) is 19.3 Å². The first-order chi connectivity index (χ1) is 11.9. The minimum absolute atomic E-state index is 0.273. The summed E-state index contributed by atoms with van der Waals surface area (Å²) in [4.78, 5) is 20.6. The van der Waals surface area contributed by atoms with Crippen molar-refractivity contribution in [3.8, 4) is 5.82 Å². The third kappa shape index (κ3) is 4.20. The molecule has 10 heteroatoms. The number of nitrogens with one attached hydrogen (secondary N) is 1. The summed E-state index contributed by atoms with van der Waals surface area (Å²) in [6.45, 7) is 0.683. The zero-order valence-electron chi connectivity index (χ0n) is 13.9. The second-order valence-electron chi connectivity index (χ2n) is 5.97. The van der Waals surface area contributed by atoms with E-state index in [0.29, 0.717) is 18.8 Å². The molecule has 0 bridgehead atoms. The Balaban J connectivity index is 1.61. The smallest absolute Gasteiger partial charge is 0.238 e. The molecule has 1 fully saturated rings. The number of carbonyl (C=O) groups excluding carboxylic acids is 1. The predicted molar refractivity (Wildman–Crippen MR) is 90.2 cm³/mol. The number of sulfonamides is 1. The first-order valence-electron chi connectivity index (χ1n) is 7.99. The fourth-order valence-electron chi connectivity index (χ4n) is 2.85. The molecule has 2 aromatic heterocycles. The molecule has 1 aliphatic rings. The number of piperidine rings is 1. The topological polar surface area (TPSA) is 110 Å². The van der Waals surface area contributed by atoms with Gasteiger partial charge in [-0.05, 0) is 24.5 Å². The van der Waals surface area contributed by atoms with Crippen LogP contribution in [0.3, 0.4) is 0 Å². The van der Waals surface area contributed by atoms with Crippen LogP contribution in [0.1, 0.15) is 24.8 Å². The minimum Gasteiger partial charge on any atom is -0.351 e. The van der Waals surface area contributed by atoms with Gasteiger partial charge in [-0.3, -0.25) is 4.79 Å². The Bertz CT molecular complexity index is 819. The predicted octanol–water partition coefficient (Wildman–Crippen LogP) is 0.0926. The van der Waals surface area contributed by atoms with Crippen molar-refractivity contribution in [2.45, 2.75) is 31.8 Å². The molecule has 1 N–H and O–H groups in total. The Hall–Kier alpha value is -2.33. The van der Waals surface area contributed by atoms with Gasteiger partial charge in [-0.15, -0.1) is 0 Å². The zero-order chi connectivity index (χ0) is 17.9. The van der Waals surface area contributed by atoms with Crippen LogP contribution in [0, 0.1) is 0 Å². The summed E-state index contributed by atoms with van der Waals surface area (Å²) in [6.07, 6.45) is 7.93. The number of carbonyl (C=O) groups is 1. The molecule has 3 heterocycles. The monoisotopic (exact) mass is 364 g/mol. The second-order valence-corrected chi connectivity index (χ2v) is 7.90. The Morgan fingerprint density at radius 3 is 2.84 bits per heavy atom. The lowest BCUT2D eigenvalue weighted by atomic mass is 10.0. The lowest BCUT2D eigenvalue weighted by Gasteiger charge is -2.32. The molecule has 0 radical (unpaired) electrons. The van der Waals surface area contributed by atoms with Crippen LogP contribution in [0.4, 0.5) is 0 Å². The fraction of sp³-hybridized carbons (Fsp3) is 0.467. The molecule has 0 saturated carbocycles. The van der Waals surface area contributed by atoms with Gasteiger partial charge in [-0.25, -0.2) is 23.1 Å². The van der Waals surface area contributed by atoms with Crippen LogP contribution in [0.15, 0.2) is 31.0 Å². The largest absolute Gasteiger partial charge is 0.351 e. The van der Waals surface area contributed by atoms with Crippen LogP contribution >= 0.6 is 0 Å². The highest BCUT2D eigenvalue weighted by Crippen LogP contribution is 2.20. The molecular formula is C15H20N6O3S. The van der Waals surface area contributed by atoms with Crippen molar-refractivity contribution in [1.82, 2.24) is 29.4 Å². The third-order valence-electron chi connectivity index (χ3n) is 4.11. The first kappa shape index (κ1) is 17.5. The van der Waals surface area contributed by atoms with Gasteiger partial charge in [0.25, 0.3) is 0 Å².